The largest absolute Gasteiger partial charge is 0.419 e. The van der Waals surface area contributed by atoms with Gasteiger partial charge in [0.2, 0.25) is 11.8 Å². The molecule has 0 radical (unpaired) electrons. The van der Waals surface area contributed by atoms with Gasteiger partial charge in [0, 0.05) is 12.1 Å². The van der Waals surface area contributed by atoms with Crippen molar-refractivity contribution in [2.24, 2.45) is 11.8 Å². The number of aromatic nitrogens is 2. The highest BCUT2D eigenvalue weighted by atomic mass is 16.4. The van der Waals surface area contributed by atoms with Gasteiger partial charge in [0.25, 0.3) is 0 Å². The predicted molar refractivity (Wildman–Crippen MR) is 119 cm³/mol. The maximum Gasteiger partial charge on any atom is 0.247 e. The van der Waals surface area contributed by atoms with E-state index >= 15 is 0 Å². The average Bonchev–Trinajstić information content (AvgIpc) is 3.21. The van der Waals surface area contributed by atoms with Gasteiger partial charge in [-0.1, -0.05) is 38.5 Å². The first-order valence-corrected chi connectivity index (χ1v) is 11.3. The fourth-order valence-corrected chi connectivity index (χ4v) is 4.34. The van der Waals surface area contributed by atoms with Crippen LogP contribution in [0, 0.1) is 18.8 Å². The topological polar surface area (TPSA) is 45.4 Å². The van der Waals surface area contributed by atoms with E-state index in [9.17, 15) is 0 Å². The Balaban J connectivity index is 1.49. The molecule has 1 aromatic carbocycles. The first-order chi connectivity index (χ1) is 14.0. The van der Waals surface area contributed by atoms with Gasteiger partial charge in [-0.25, -0.2) is 0 Å². The van der Waals surface area contributed by atoms with Crippen LogP contribution in [-0.4, -0.2) is 52.7 Å². The number of benzene rings is 1. The molecule has 1 aliphatic heterocycles. The SMILES string of the molecule is CCN(CCC1CCN([C@@H](C)c2nnc(-c3cccc(C)c3)o2)CC1)CC(C)C. The van der Waals surface area contributed by atoms with Crippen molar-refractivity contribution in [1.29, 1.82) is 0 Å². The second-order valence-electron chi connectivity index (χ2n) is 9.05. The quantitative estimate of drug-likeness (QED) is 0.582. The van der Waals surface area contributed by atoms with Crippen LogP contribution in [0.2, 0.25) is 0 Å². The molecule has 5 nitrogen and oxygen atoms in total. The molecule has 0 saturated carbocycles. The normalized spacial score (nSPS) is 17.3. The highest BCUT2D eigenvalue weighted by Crippen LogP contribution is 2.29. The van der Waals surface area contributed by atoms with Gasteiger partial charge in [-0.3, -0.25) is 4.90 Å². The third-order valence-corrected chi connectivity index (χ3v) is 6.18. The van der Waals surface area contributed by atoms with Gasteiger partial charge in [0.1, 0.15) is 0 Å². The molecule has 0 unspecified atom stereocenters. The van der Waals surface area contributed by atoms with Gasteiger partial charge >= 0.3 is 0 Å². The lowest BCUT2D eigenvalue weighted by molar-refractivity contribution is 0.115. The molecule has 29 heavy (non-hydrogen) atoms. The fourth-order valence-electron chi connectivity index (χ4n) is 4.34. The van der Waals surface area contributed by atoms with Gasteiger partial charge in [0.05, 0.1) is 6.04 Å². The van der Waals surface area contributed by atoms with E-state index in [2.05, 4.69) is 66.7 Å². The molecule has 3 rings (SSSR count). The summed E-state index contributed by atoms with van der Waals surface area (Å²) in [5.41, 5.74) is 2.20. The second kappa shape index (κ2) is 10.4. The molecule has 1 atom stereocenters. The molecule has 0 bridgehead atoms. The monoisotopic (exact) mass is 398 g/mol. The van der Waals surface area contributed by atoms with Crippen molar-refractivity contribution in [3.8, 4) is 11.5 Å². The van der Waals surface area contributed by atoms with Crippen LogP contribution >= 0.6 is 0 Å². The number of hydrogen-bond donors (Lipinski definition) is 0. The molecule has 0 amide bonds. The predicted octanol–water partition coefficient (Wildman–Crippen LogP) is 5.19. The molecule has 0 spiro atoms. The van der Waals surface area contributed by atoms with Crippen LogP contribution in [0.25, 0.3) is 11.5 Å². The van der Waals surface area contributed by atoms with Crippen LogP contribution < -0.4 is 0 Å². The van der Waals surface area contributed by atoms with Gasteiger partial charge in [0.15, 0.2) is 0 Å². The second-order valence-corrected chi connectivity index (χ2v) is 9.05. The maximum atomic E-state index is 6.03. The Kier molecular flexibility index (Phi) is 7.84. The molecule has 1 aromatic heterocycles. The van der Waals surface area contributed by atoms with Crippen molar-refractivity contribution in [2.75, 3.05) is 32.7 Å². The molecule has 1 saturated heterocycles. The summed E-state index contributed by atoms with van der Waals surface area (Å²) in [5.74, 6) is 2.94. The minimum atomic E-state index is 0.176. The van der Waals surface area contributed by atoms with Crippen molar-refractivity contribution < 1.29 is 4.42 Å². The van der Waals surface area contributed by atoms with Crippen LogP contribution in [-0.2, 0) is 0 Å². The van der Waals surface area contributed by atoms with E-state index in [1.807, 2.05) is 12.1 Å². The van der Waals surface area contributed by atoms with Gasteiger partial charge in [-0.05, 0) is 83.3 Å². The first kappa shape index (κ1) is 22.0. The van der Waals surface area contributed by atoms with Gasteiger partial charge < -0.3 is 9.32 Å². The number of rotatable bonds is 9. The zero-order valence-electron chi connectivity index (χ0n) is 18.9. The van der Waals surface area contributed by atoms with E-state index in [1.165, 1.54) is 37.9 Å². The molecule has 1 fully saturated rings. The van der Waals surface area contributed by atoms with Crippen molar-refractivity contribution in [3.63, 3.8) is 0 Å². The minimum Gasteiger partial charge on any atom is -0.419 e. The first-order valence-electron chi connectivity index (χ1n) is 11.3. The molecular weight excluding hydrogens is 360 g/mol. The minimum absolute atomic E-state index is 0.176. The summed E-state index contributed by atoms with van der Waals surface area (Å²) in [6.45, 7) is 17.0. The Morgan fingerprint density at radius 1 is 1.17 bits per heavy atom. The van der Waals surface area contributed by atoms with Crippen molar-refractivity contribution in [3.05, 3.63) is 35.7 Å². The molecule has 160 valence electrons. The third kappa shape index (κ3) is 6.13. The maximum absolute atomic E-state index is 6.03. The summed E-state index contributed by atoms with van der Waals surface area (Å²) in [7, 11) is 0. The molecule has 5 heteroatoms. The lowest BCUT2D eigenvalue weighted by atomic mass is 9.92. The van der Waals surface area contributed by atoms with E-state index in [4.69, 9.17) is 4.42 Å². The summed E-state index contributed by atoms with van der Waals surface area (Å²) in [6.07, 6.45) is 3.85. The van der Waals surface area contributed by atoms with Crippen LogP contribution in [0.3, 0.4) is 0 Å². The Labute approximate surface area is 176 Å². The van der Waals surface area contributed by atoms with Crippen LogP contribution in [0.15, 0.2) is 28.7 Å². The third-order valence-electron chi connectivity index (χ3n) is 6.18. The highest BCUT2D eigenvalue weighted by molar-refractivity contribution is 5.53. The summed E-state index contributed by atoms with van der Waals surface area (Å²) in [5, 5.41) is 8.64. The van der Waals surface area contributed by atoms with Crippen LogP contribution in [0.5, 0.6) is 0 Å². The zero-order chi connectivity index (χ0) is 20.8. The highest BCUT2D eigenvalue weighted by Gasteiger charge is 2.27. The van der Waals surface area contributed by atoms with Crippen molar-refractivity contribution in [1.82, 2.24) is 20.0 Å². The standard InChI is InChI=1S/C24H38N4O/c1-6-27(17-18(2)3)13-10-21-11-14-28(15-12-21)20(5)23-25-26-24(29-23)22-9-7-8-19(4)16-22/h7-9,16,18,20-21H,6,10-15,17H2,1-5H3/t20-/m0/s1. The van der Waals surface area contributed by atoms with E-state index in [-0.39, 0.29) is 6.04 Å². The Morgan fingerprint density at radius 2 is 1.93 bits per heavy atom. The van der Waals surface area contributed by atoms with E-state index in [1.54, 1.807) is 0 Å². The smallest absolute Gasteiger partial charge is 0.247 e. The van der Waals surface area contributed by atoms with Gasteiger partial charge in [-0.15, -0.1) is 10.2 Å². The van der Waals surface area contributed by atoms with Gasteiger partial charge in [-0.2, -0.15) is 0 Å². The Bertz CT molecular complexity index is 749. The Hall–Kier alpha value is -1.72. The number of aryl methyl sites for hydroxylation is 1. The van der Waals surface area contributed by atoms with E-state index in [0.717, 1.165) is 42.9 Å². The zero-order valence-corrected chi connectivity index (χ0v) is 18.9. The number of hydrogen-bond acceptors (Lipinski definition) is 5. The lowest BCUT2D eigenvalue weighted by Crippen LogP contribution is -2.37. The summed E-state index contributed by atoms with van der Waals surface area (Å²) in [6, 6.07) is 8.40. The summed E-state index contributed by atoms with van der Waals surface area (Å²) >= 11 is 0. The average molecular weight is 399 g/mol. The van der Waals surface area contributed by atoms with Crippen LogP contribution in [0.4, 0.5) is 0 Å². The molecule has 0 aliphatic carbocycles. The molecule has 0 N–H and O–H groups in total. The number of piperidine rings is 1. The molecular formula is C24H38N4O. The molecule has 2 heterocycles. The molecule has 1 aliphatic rings. The summed E-state index contributed by atoms with van der Waals surface area (Å²) in [4.78, 5) is 5.10. The van der Waals surface area contributed by atoms with E-state index in [0.29, 0.717) is 5.89 Å². The van der Waals surface area contributed by atoms with E-state index < -0.39 is 0 Å². The Morgan fingerprint density at radius 3 is 2.59 bits per heavy atom. The van der Waals surface area contributed by atoms with Crippen molar-refractivity contribution in [2.45, 2.75) is 59.9 Å². The lowest BCUT2D eigenvalue weighted by Gasteiger charge is -2.35. The van der Waals surface area contributed by atoms with Crippen molar-refractivity contribution >= 4 is 0 Å². The fraction of sp³-hybridized carbons (Fsp3) is 0.667. The number of likely N-dealkylation sites (tertiary alicyclic amines) is 1. The molecule has 2 aromatic rings. The summed E-state index contributed by atoms with van der Waals surface area (Å²) < 4.78 is 6.03. The van der Waals surface area contributed by atoms with Crippen LogP contribution in [0.1, 0.15) is 64.5 Å². The number of nitrogens with zero attached hydrogens (tertiary/aromatic N) is 4.